The van der Waals surface area contributed by atoms with Gasteiger partial charge in [0.1, 0.15) is 4.60 Å². The highest BCUT2D eigenvalue weighted by Crippen LogP contribution is 2.23. The molecule has 0 N–H and O–H groups in total. The smallest absolute Gasteiger partial charge is 0.254 e. The van der Waals surface area contributed by atoms with Gasteiger partial charge in [-0.2, -0.15) is 0 Å². The van der Waals surface area contributed by atoms with E-state index in [4.69, 9.17) is 0 Å². The van der Waals surface area contributed by atoms with Crippen molar-refractivity contribution >= 4 is 21.8 Å². The van der Waals surface area contributed by atoms with Crippen molar-refractivity contribution in [2.45, 2.75) is 20.3 Å². The van der Waals surface area contributed by atoms with Crippen molar-refractivity contribution in [2.75, 3.05) is 13.1 Å². The molecule has 2 heterocycles. The number of piperidine rings is 1. The predicted octanol–water partition coefficient (Wildman–Crippen LogP) is 2.96. The fraction of sp³-hybridized carbons (Fsp3) is 0.538. The number of aromatic nitrogens is 1. The lowest BCUT2D eigenvalue weighted by Gasteiger charge is -2.35. The summed E-state index contributed by atoms with van der Waals surface area (Å²) in [5.41, 5.74) is 0.716. The highest BCUT2D eigenvalue weighted by molar-refractivity contribution is 9.10. The summed E-state index contributed by atoms with van der Waals surface area (Å²) in [4.78, 5) is 18.3. The molecule has 1 aromatic heterocycles. The Kier molecular flexibility index (Phi) is 3.82. The Morgan fingerprint density at radius 1 is 1.47 bits per heavy atom. The van der Waals surface area contributed by atoms with E-state index in [2.05, 4.69) is 34.8 Å². The Balaban J connectivity index is 2.10. The third-order valence-corrected chi connectivity index (χ3v) is 4.03. The fourth-order valence-corrected chi connectivity index (χ4v) is 2.53. The monoisotopic (exact) mass is 296 g/mol. The molecule has 17 heavy (non-hydrogen) atoms. The first kappa shape index (κ1) is 12.6. The van der Waals surface area contributed by atoms with Crippen LogP contribution < -0.4 is 0 Å². The maximum absolute atomic E-state index is 12.3. The molecule has 4 heteroatoms. The highest BCUT2D eigenvalue weighted by atomic mass is 79.9. The van der Waals surface area contributed by atoms with Gasteiger partial charge in [-0.3, -0.25) is 4.79 Å². The number of rotatable bonds is 1. The van der Waals surface area contributed by atoms with Crippen LogP contribution in [0.3, 0.4) is 0 Å². The summed E-state index contributed by atoms with van der Waals surface area (Å²) >= 11 is 3.29. The number of nitrogens with zero attached hydrogens (tertiary/aromatic N) is 2. The van der Waals surface area contributed by atoms with Gasteiger partial charge in [-0.05, 0) is 46.3 Å². The third kappa shape index (κ3) is 2.86. The lowest BCUT2D eigenvalue weighted by molar-refractivity contribution is 0.0627. The van der Waals surface area contributed by atoms with Crippen LogP contribution >= 0.6 is 15.9 Å². The van der Waals surface area contributed by atoms with E-state index in [1.54, 1.807) is 18.3 Å². The average Bonchev–Trinajstić information content (AvgIpc) is 2.32. The fourth-order valence-electron chi connectivity index (χ4n) is 2.17. The van der Waals surface area contributed by atoms with E-state index >= 15 is 0 Å². The second-order valence-corrected chi connectivity index (χ2v) is 5.67. The van der Waals surface area contributed by atoms with E-state index in [0.717, 1.165) is 19.5 Å². The Hall–Kier alpha value is -0.900. The van der Waals surface area contributed by atoms with Crippen LogP contribution in [-0.4, -0.2) is 28.9 Å². The molecule has 0 radical (unpaired) electrons. The number of pyridine rings is 1. The van der Waals surface area contributed by atoms with Crippen LogP contribution in [0.15, 0.2) is 22.9 Å². The Morgan fingerprint density at radius 3 is 2.88 bits per heavy atom. The first-order chi connectivity index (χ1) is 8.08. The number of halogens is 1. The second-order valence-electron chi connectivity index (χ2n) is 4.86. The van der Waals surface area contributed by atoms with E-state index in [1.165, 1.54) is 0 Å². The molecule has 1 amide bonds. The van der Waals surface area contributed by atoms with Crippen LogP contribution in [0.1, 0.15) is 30.6 Å². The van der Waals surface area contributed by atoms with Crippen LogP contribution in [0, 0.1) is 11.8 Å². The second kappa shape index (κ2) is 5.17. The molecule has 92 valence electrons. The van der Waals surface area contributed by atoms with Crippen LogP contribution in [0.25, 0.3) is 0 Å². The van der Waals surface area contributed by atoms with Gasteiger partial charge in [0.05, 0.1) is 0 Å². The van der Waals surface area contributed by atoms with Gasteiger partial charge in [0.25, 0.3) is 5.91 Å². The number of amides is 1. The lowest BCUT2D eigenvalue weighted by atomic mass is 9.88. The zero-order valence-electron chi connectivity index (χ0n) is 10.2. The molecular weight excluding hydrogens is 280 g/mol. The summed E-state index contributed by atoms with van der Waals surface area (Å²) in [6.45, 7) is 6.20. The van der Waals surface area contributed by atoms with Crippen LogP contribution in [0.4, 0.5) is 0 Å². The Labute approximate surface area is 110 Å². The average molecular weight is 297 g/mol. The molecule has 0 bridgehead atoms. The number of hydrogen-bond donors (Lipinski definition) is 0. The van der Waals surface area contributed by atoms with Crippen molar-refractivity contribution in [2.24, 2.45) is 11.8 Å². The molecule has 0 aromatic carbocycles. The number of carbonyl (C=O) groups excluding carboxylic acids is 1. The number of carbonyl (C=O) groups is 1. The van der Waals surface area contributed by atoms with E-state index in [-0.39, 0.29) is 5.91 Å². The molecule has 2 rings (SSSR count). The number of likely N-dealkylation sites (tertiary alicyclic amines) is 1. The molecule has 1 fully saturated rings. The van der Waals surface area contributed by atoms with Gasteiger partial charge in [-0.15, -0.1) is 0 Å². The maximum Gasteiger partial charge on any atom is 0.254 e. The first-order valence-corrected chi connectivity index (χ1v) is 6.78. The predicted molar refractivity (Wildman–Crippen MR) is 70.8 cm³/mol. The normalized spacial score (nSPS) is 24.8. The maximum atomic E-state index is 12.3. The molecule has 3 nitrogen and oxygen atoms in total. The van der Waals surface area contributed by atoms with Gasteiger partial charge in [-0.1, -0.05) is 13.8 Å². The van der Waals surface area contributed by atoms with Gasteiger partial charge in [0.15, 0.2) is 0 Å². The molecule has 1 aliphatic heterocycles. The summed E-state index contributed by atoms with van der Waals surface area (Å²) in [5, 5.41) is 0. The number of hydrogen-bond acceptors (Lipinski definition) is 2. The van der Waals surface area contributed by atoms with Gasteiger partial charge in [0.2, 0.25) is 0 Å². The van der Waals surface area contributed by atoms with Crippen molar-refractivity contribution in [1.29, 1.82) is 0 Å². The van der Waals surface area contributed by atoms with Crippen LogP contribution in [-0.2, 0) is 0 Å². The largest absolute Gasteiger partial charge is 0.338 e. The summed E-state index contributed by atoms with van der Waals surface area (Å²) in [7, 11) is 0. The minimum atomic E-state index is 0.117. The molecule has 1 aliphatic rings. The highest BCUT2D eigenvalue weighted by Gasteiger charge is 2.26. The van der Waals surface area contributed by atoms with E-state index in [1.807, 2.05) is 4.90 Å². The van der Waals surface area contributed by atoms with E-state index in [9.17, 15) is 4.79 Å². The van der Waals surface area contributed by atoms with Crippen molar-refractivity contribution in [3.05, 3.63) is 28.5 Å². The topological polar surface area (TPSA) is 33.2 Å². The van der Waals surface area contributed by atoms with Crippen molar-refractivity contribution < 1.29 is 4.79 Å². The van der Waals surface area contributed by atoms with Crippen molar-refractivity contribution in [1.82, 2.24) is 9.88 Å². The van der Waals surface area contributed by atoms with E-state index in [0.29, 0.717) is 22.0 Å². The summed E-state index contributed by atoms with van der Waals surface area (Å²) in [6.07, 6.45) is 2.76. The quantitative estimate of drug-likeness (QED) is 0.747. The van der Waals surface area contributed by atoms with Gasteiger partial charge in [0, 0.05) is 24.8 Å². The minimum absolute atomic E-state index is 0.117. The minimum Gasteiger partial charge on any atom is -0.338 e. The molecular formula is C13H17BrN2O. The molecule has 0 aliphatic carbocycles. The molecule has 2 atom stereocenters. The van der Waals surface area contributed by atoms with Crippen LogP contribution in [0.2, 0.25) is 0 Å². The SMILES string of the molecule is CC1CCN(C(=O)c2ccnc(Br)c2)CC1C. The van der Waals surface area contributed by atoms with Gasteiger partial charge < -0.3 is 4.90 Å². The van der Waals surface area contributed by atoms with Crippen molar-refractivity contribution in [3.63, 3.8) is 0 Å². The van der Waals surface area contributed by atoms with Crippen LogP contribution in [0.5, 0.6) is 0 Å². The zero-order valence-corrected chi connectivity index (χ0v) is 11.8. The molecule has 0 spiro atoms. The van der Waals surface area contributed by atoms with Gasteiger partial charge >= 0.3 is 0 Å². The standard InChI is InChI=1S/C13H17BrN2O/c1-9-4-6-16(8-10(9)2)13(17)11-3-5-15-12(14)7-11/h3,5,7,9-10H,4,6,8H2,1-2H3. The van der Waals surface area contributed by atoms with Crippen molar-refractivity contribution in [3.8, 4) is 0 Å². The molecule has 1 saturated heterocycles. The summed E-state index contributed by atoms with van der Waals surface area (Å²) in [5.74, 6) is 1.41. The molecule has 0 saturated carbocycles. The molecule has 1 aromatic rings. The Morgan fingerprint density at radius 2 is 2.24 bits per heavy atom. The summed E-state index contributed by atoms with van der Waals surface area (Å²) in [6, 6.07) is 3.56. The lowest BCUT2D eigenvalue weighted by Crippen LogP contribution is -2.42. The van der Waals surface area contributed by atoms with E-state index < -0.39 is 0 Å². The summed E-state index contributed by atoms with van der Waals surface area (Å²) < 4.78 is 0.710. The zero-order chi connectivity index (χ0) is 12.4. The molecule has 2 unspecified atom stereocenters. The Bertz CT molecular complexity index is 422. The first-order valence-electron chi connectivity index (χ1n) is 5.98. The van der Waals surface area contributed by atoms with Gasteiger partial charge in [-0.25, -0.2) is 4.98 Å². The third-order valence-electron chi connectivity index (χ3n) is 3.59.